The van der Waals surface area contributed by atoms with Gasteiger partial charge in [-0.2, -0.15) is 10.2 Å². The van der Waals surface area contributed by atoms with Gasteiger partial charge < -0.3 is 10.4 Å². The van der Waals surface area contributed by atoms with Crippen LogP contribution in [0.1, 0.15) is 37.1 Å². The third kappa shape index (κ3) is 3.29. The number of aryl methyl sites for hydroxylation is 2. The summed E-state index contributed by atoms with van der Waals surface area (Å²) >= 11 is 0. The van der Waals surface area contributed by atoms with Crippen LogP contribution in [-0.2, 0) is 27.2 Å². The number of aliphatic hydroxyl groups is 1. The van der Waals surface area contributed by atoms with Crippen molar-refractivity contribution in [1.29, 1.82) is 0 Å². The molecule has 2 aromatic rings. The number of hydrogen-bond donors (Lipinski definition) is 2. The molecule has 0 saturated heterocycles. The smallest absolute Gasteiger partial charge is 0.345 e. The SMILES string of the molecule is CCn1cc(CNC[C@H]2C[C@H](c3nn(C)c(=O)n3C)C[C@H]2O)cn1. The summed E-state index contributed by atoms with van der Waals surface area (Å²) in [4.78, 5) is 11.8. The first-order valence-corrected chi connectivity index (χ1v) is 8.49. The molecule has 132 valence electrons. The largest absolute Gasteiger partial charge is 0.393 e. The Bertz CT molecular complexity index is 746. The maximum atomic E-state index is 11.8. The van der Waals surface area contributed by atoms with Crippen molar-refractivity contribution in [3.05, 3.63) is 34.3 Å². The van der Waals surface area contributed by atoms with Crippen LogP contribution >= 0.6 is 0 Å². The van der Waals surface area contributed by atoms with Crippen molar-refractivity contribution in [3.8, 4) is 0 Å². The molecule has 8 nitrogen and oxygen atoms in total. The second-order valence-corrected chi connectivity index (χ2v) is 6.65. The van der Waals surface area contributed by atoms with Gasteiger partial charge in [-0.25, -0.2) is 9.48 Å². The number of rotatable bonds is 6. The average molecular weight is 334 g/mol. The summed E-state index contributed by atoms with van der Waals surface area (Å²) in [5.41, 5.74) is 1.03. The summed E-state index contributed by atoms with van der Waals surface area (Å²) in [6.45, 7) is 4.42. The van der Waals surface area contributed by atoms with Gasteiger partial charge in [-0.05, 0) is 25.7 Å². The molecule has 0 spiro atoms. The van der Waals surface area contributed by atoms with Crippen molar-refractivity contribution in [2.75, 3.05) is 6.54 Å². The van der Waals surface area contributed by atoms with Crippen LogP contribution in [-0.4, -0.2) is 41.9 Å². The quantitative estimate of drug-likeness (QED) is 0.775. The number of aromatic nitrogens is 5. The van der Waals surface area contributed by atoms with Crippen LogP contribution in [0.5, 0.6) is 0 Å². The van der Waals surface area contributed by atoms with Gasteiger partial charge in [0.2, 0.25) is 0 Å². The van der Waals surface area contributed by atoms with Crippen LogP contribution in [0.15, 0.2) is 17.2 Å². The fourth-order valence-electron chi connectivity index (χ4n) is 3.54. The van der Waals surface area contributed by atoms with E-state index >= 15 is 0 Å². The van der Waals surface area contributed by atoms with Gasteiger partial charge >= 0.3 is 5.69 Å². The Balaban J connectivity index is 1.55. The number of hydrogen-bond acceptors (Lipinski definition) is 5. The van der Waals surface area contributed by atoms with E-state index in [2.05, 4.69) is 22.4 Å². The van der Waals surface area contributed by atoms with Gasteiger partial charge in [0.15, 0.2) is 0 Å². The van der Waals surface area contributed by atoms with Crippen LogP contribution < -0.4 is 11.0 Å². The van der Waals surface area contributed by atoms with Crippen LogP contribution in [0.3, 0.4) is 0 Å². The minimum Gasteiger partial charge on any atom is -0.393 e. The highest BCUT2D eigenvalue weighted by atomic mass is 16.3. The van der Waals surface area contributed by atoms with E-state index in [1.807, 2.05) is 17.1 Å². The molecule has 1 aliphatic rings. The molecule has 24 heavy (non-hydrogen) atoms. The Labute approximate surface area is 141 Å². The molecule has 2 aromatic heterocycles. The van der Waals surface area contributed by atoms with Gasteiger partial charge in [-0.3, -0.25) is 9.25 Å². The molecule has 3 rings (SSSR count). The molecular formula is C16H26N6O2. The van der Waals surface area contributed by atoms with Gasteiger partial charge in [0.25, 0.3) is 0 Å². The summed E-state index contributed by atoms with van der Waals surface area (Å²) in [6, 6.07) is 0. The van der Waals surface area contributed by atoms with E-state index in [1.165, 1.54) is 4.68 Å². The molecule has 2 N–H and O–H groups in total. The van der Waals surface area contributed by atoms with Crippen LogP contribution in [0.25, 0.3) is 0 Å². The monoisotopic (exact) mass is 334 g/mol. The van der Waals surface area contributed by atoms with Gasteiger partial charge in [-0.1, -0.05) is 0 Å². The lowest BCUT2D eigenvalue weighted by molar-refractivity contribution is 0.131. The number of aliphatic hydroxyl groups excluding tert-OH is 1. The van der Waals surface area contributed by atoms with Crippen LogP contribution in [0.4, 0.5) is 0 Å². The van der Waals surface area contributed by atoms with E-state index in [9.17, 15) is 9.90 Å². The van der Waals surface area contributed by atoms with Crippen LogP contribution in [0.2, 0.25) is 0 Å². The summed E-state index contributed by atoms with van der Waals surface area (Å²) in [7, 11) is 3.40. The predicted octanol–water partition coefficient (Wildman–Crippen LogP) is -0.0205. The lowest BCUT2D eigenvalue weighted by Crippen LogP contribution is -2.27. The number of nitrogens with one attached hydrogen (secondary N) is 1. The summed E-state index contributed by atoms with van der Waals surface area (Å²) < 4.78 is 4.85. The molecule has 2 heterocycles. The van der Waals surface area contributed by atoms with Crippen molar-refractivity contribution >= 4 is 0 Å². The third-order valence-corrected chi connectivity index (χ3v) is 4.93. The lowest BCUT2D eigenvalue weighted by Gasteiger charge is -2.14. The van der Waals surface area contributed by atoms with Crippen molar-refractivity contribution in [2.45, 2.75) is 44.9 Å². The Kier molecular flexibility index (Phi) is 4.86. The van der Waals surface area contributed by atoms with E-state index in [0.717, 1.165) is 37.4 Å². The third-order valence-electron chi connectivity index (χ3n) is 4.93. The highest BCUT2D eigenvalue weighted by Gasteiger charge is 2.36. The molecule has 3 atom stereocenters. The molecule has 0 aromatic carbocycles. The van der Waals surface area contributed by atoms with Crippen molar-refractivity contribution in [3.63, 3.8) is 0 Å². The molecule has 0 aliphatic heterocycles. The topological polar surface area (TPSA) is 89.9 Å². The molecule has 1 aliphatic carbocycles. The zero-order valence-corrected chi connectivity index (χ0v) is 14.5. The highest BCUT2D eigenvalue weighted by molar-refractivity contribution is 5.05. The summed E-state index contributed by atoms with van der Waals surface area (Å²) in [5, 5.41) is 22.3. The fraction of sp³-hybridized carbons (Fsp3) is 0.688. The van der Waals surface area contributed by atoms with Crippen molar-refractivity contribution < 1.29 is 5.11 Å². The first-order valence-electron chi connectivity index (χ1n) is 8.49. The van der Waals surface area contributed by atoms with E-state index in [1.54, 1.807) is 18.7 Å². The molecule has 8 heteroatoms. The molecule has 0 unspecified atom stereocenters. The highest BCUT2D eigenvalue weighted by Crippen LogP contribution is 2.37. The lowest BCUT2D eigenvalue weighted by atomic mass is 10.0. The minimum atomic E-state index is -0.363. The van der Waals surface area contributed by atoms with Gasteiger partial charge in [-0.15, -0.1) is 0 Å². The first kappa shape index (κ1) is 16.9. The van der Waals surface area contributed by atoms with Crippen LogP contribution in [0, 0.1) is 5.92 Å². The maximum Gasteiger partial charge on any atom is 0.345 e. The zero-order valence-electron chi connectivity index (χ0n) is 14.5. The Morgan fingerprint density at radius 3 is 2.79 bits per heavy atom. The zero-order chi connectivity index (χ0) is 17.3. The average Bonchev–Trinajstić information content (AvgIpc) is 3.23. The molecule has 0 bridgehead atoms. The standard InChI is InChI=1S/C16H26N6O2/c1-4-22-10-11(8-18-22)7-17-9-13-5-12(6-14(13)23)15-19-21(3)16(24)20(15)2/h8,10,12-14,17,23H,4-7,9H2,1-3H3/t12-,13+,14+/m0/s1. The Morgan fingerprint density at radius 1 is 1.38 bits per heavy atom. The number of nitrogens with zero attached hydrogens (tertiary/aromatic N) is 5. The van der Waals surface area contributed by atoms with Crippen molar-refractivity contribution in [2.24, 2.45) is 20.0 Å². The first-order chi connectivity index (χ1) is 11.5. The van der Waals surface area contributed by atoms with Gasteiger partial charge in [0.1, 0.15) is 5.82 Å². The maximum absolute atomic E-state index is 11.8. The Hall–Kier alpha value is -1.93. The second-order valence-electron chi connectivity index (χ2n) is 6.65. The van der Waals surface area contributed by atoms with E-state index < -0.39 is 0 Å². The molecule has 0 amide bonds. The minimum absolute atomic E-state index is 0.117. The normalized spacial score (nSPS) is 23.9. The second kappa shape index (κ2) is 6.90. The molecular weight excluding hydrogens is 308 g/mol. The molecule has 1 fully saturated rings. The van der Waals surface area contributed by atoms with E-state index in [-0.39, 0.29) is 23.6 Å². The molecule has 0 radical (unpaired) electrons. The van der Waals surface area contributed by atoms with E-state index in [0.29, 0.717) is 6.42 Å². The van der Waals surface area contributed by atoms with E-state index in [4.69, 9.17) is 0 Å². The predicted molar refractivity (Wildman–Crippen MR) is 89.5 cm³/mol. The summed E-state index contributed by atoms with van der Waals surface area (Å²) in [6.07, 6.45) is 5.04. The summed E-state index contributed by atoms with van der Waals surface area (Å²) in [5.74, 6) is 1.08. The van der Waals surface area contributed by atoms with Gasteiger partial charge in [0, 0.05) is 51.4 Å². The Morgan fingerprint density at radius 2 is 2.17 bits per heavy atom. The van der Waals surface area contributed by atoms with Gasteiger partial charge in [0.05, 0.1) is 12.3 Å². The van der Waals surface area contributed by atoms with Crippen molar-refractivity contribution in [1.82, 2.24) is 29.4 Å². The molecule has 1 saturated carbocycles. The fourth-order valence-corrected chi connectivity index (χ4v) is 3.54.